The Morgan fingerprint density at radius 1 is 1.03 bits per heavy atom. The normalized spacial score (nSPS) is 17.0. The van der Waals surface area contributed by atoms with Gasteiger partial charge in [-0.2, -0.15) is 0 Å². The van der Waals surface area contributed by atoms with Gasteiger partial charge in [0.15, 0.2) is 5.76 Å². The second-order valence-electron chi connectivity index (χ2n) is 9.80. The van der Waals surface area contributed by atoms with Crippen LogP contribution in [0, 0.1) is 6.92 Å². The Kier molecular flexibility index (Phi) is 6.50. The van der Waals surface area contributed by atoms with Gasteiger partial charge in [0, 0.05) is 49.9 Å². The number of aromatic nitrogens is 1. The zero-order chi connectivity index (χ0) is 27.1. The first-order chi connectivity index (χ1) is 18.9. The molecule has 0 spiro atoms. The first kappa shape index (κ1) is 25.4. The molecule has 3 heterocycles. The Morgan fingerprint density at radius 2 is 1.77 bits per heavy atom. The van der Waals surface area contributed by atoms with E-state index in [2.05, 4.69) is 10.2 Å². The zero-order valence-corrected chi connectivity index (χ0v) is 22.6. The van der Waals surface area contributed by atoms with E-state index in [9.17, 15) is 13.2 Å². The number of Topliss-reactive ketones (excluding diaryl/α,β-unsaturated/α-hetero) is 1. The molecule has 200 valence electrons. The Labute approximate surface area is 227 Å². The standard InChI is InChI=1S/C30H29N3O5S/c1-20-7-9-22(10-8-20)39(35,36)33-18-21(23-5-3-4-6-26(23)33)17-28-29(34)24-11-12-27(37-2)25(30(24)38-28)19-32-15-13-31-14-16-32/h3-12,17-18,31H,13-16,19H2,1-2H3. The number of allylic oxidation sites excluding steroid dienone is 1. The molecule has 39 heavy (non-hydrogen) atoms. The summed E-state index contributed by atoms with van der Waals surface area (Å²) in [5.74, 6) is 1.07. The molecule has 2 aliphatic rings. The van der Waals surface area contributed by atoms with Gasteiger partial charge >= 0.3 is 0 Å². The monoisotopic (exact) mass is 543 g/mol. The summed E-state index contributed by atoms with van der Waals surface area (Å²) in [5.41, 5.74) is 3.38. The van der Waals surface area contributed by atoms with Crippen LogP contribution < -0.4 is 14.8 Å². The quantitative estimate of drug-likeness (QED) is 0.364. The average Bonchev–Trinajstić information content (AvgIpc) is 3.48. The Morgan fingerprint density at radius 3 is 2.51 bits per heavy atom. The summed E-state index contributed by atoms with van der Waals surface area (Å²) in [6, 6.07) is 17.5. The van der Waals surface area contributed by atoms with Crippen molar-refractivity contribution in [3.63, 3.8) is 0 Å². The second-order valence-corrected chi connectivity index (χ2v) is 11.6. The van der Waals surface area contributed by atoms with Crippen LogP contribution in [0.15, 0.2) is 77.5 Å². The molecule has 1 fully saturated rings. The van der Waals surface area contributed by atoms with Crippen LogP contribution in [0.3, 0.4) is 0 Å². The van der Waals surface area contributed by atoms with Gasteiger partial charge in [-0.05, 0) is 43.3 Å². The Balaban J connectivity index is 1.41. The fraction of sp³-hybridized carbons (Fsp3) is 0.233. The molecule has 0 unspecified atom stereocenters. The van der Waals surface area contributed by atoms with Gasteiger partial charge in [0.25, 0.3) is 10.0 Å². The molecule has 0 bridgehead atoms. The smallest absolute Gasteiger partial charge is 0.268 e. The predicted octanol–water partition coefficient (Wildman–Crippen LogP) is 4.22. The topological polar surface area (TPSA) is 89.9 Å². The van der Waals surface area contributed by atoms with Crippen molar-refractivity contribution in [2.45, 2.75) is 18.4 Å². The van der Waals surface area contributed by atoms with E-state index in [-0.39, 0.29) is 16.4 Å². The van der Waals surface area contributed by atoms with E-state index >= 15 is 0 Å². The number of carbonyl (C=O) groups is 1. The van der Waals surface area contributed by atoms with Gasteiger partial charge in [-0.15, -0.1) is 0 Å². The lowest BCUT2D eigenvalue weighted by Crippen LogP contribution is -2.43. The number of ketones is 1. The van der Waals surface area contributed by atoms with Crippen molar-refractivity contribution in [2.24, 2.45) is 0 Å². The lowest BCUT2D eigenvalue weighted by Gasteiger charge is -2.28. The first-order valence-electron chi connectivity index (χ1n) is 12.9. The van der Waals surface area contributed by atoms with Crippen LogP contribution in [0.1, 0.15) is 27.0 Å². The number of ether oxygens (including phenoxy) is 2. The molecule has 0 saturated carbocycles. The van der Waals surface area contributed by atoms with Gasteiger partial charge in [-0.1, -0.05) is 35.9 Å². The molecule has 8 nitrogen and oxygen atoms in total. The number of para-hydroxylation sites is 1. The van der Waals surface area contributed by atoms with Crippen molar-refractivity contribution >= 4 is 32.8 Å². The maximum atomic E-state index is 13.6. The number of fused-ring (bicyclic) bond motifs is 2. The molecule has 6 rings (SSSR count). The molecule has 4 aromatic rings. The van der Waals surface area contributed by atoms with Gasteiger partial charge in [-0.25, -0.2) is 12.4 Å². The molecule has 9 heteroatoms. The van der Waals surface area contributed by atoms with Crippen molar-refractivity contribution in [3.8, 4) is 11.5 Å². The van der Waals surface area contributed by atoms with Gasteiger partial charge in [0.1, 0.15) is 11.5 Å². The summed E-state index contributed by atoms with van der Waals surface area (Å²) >= 11 is 0. The number of hydrogen-bond acceptors (Lipinski definition) is 7. The third-order valence-electron chi connectivity index (χ3n) is 7.28. The fourth-order valence-electron chi connectivity index (χ4n) is 5.18. The van der Waals surface area contributed by atoms with E-state index in [1.54, 1.807) is 67.9 Å². The van der Waals surface area contributed by atoms with E-state index in [4.69, 9.17) is 9.47 Å². The number of methoxy groups -OCH3 is 1. The third kappa shape index (κ3) is 4.52. The highest BCUT2D eigenvalue weighted by Gasteiger charge is 2.33. The SMILES string of the molecule is COc1ccc2c(c1CN1CCNCC1)OC(=Cc1cn(S(=O)(=O)c3ccc(C)cc3)c3ccccc13)C2=O. The van der Waals surface area contributed by atoms with Gasteiger partial charge in [-0.3, -0.25) is 9.69 Å². The number of nitrogens with one attached hydrogen (secondary N) is 1. The summed E-state index contributed by atoms with van der Waals surface area (Å²) in [5, 5.41) is 4.05. The molecule has 0 amide bonds. The summed E-state index contributed by atoms with van der Waals surface area (Å²) in [4.78, 5) is 15.9. The van der Waals surface area contributed by atoms with E-state index in [0.29, 0.717) is 40.1 Å². The maximum absolute atomic E-state index is 13.6. The van der Waals surface area contributed by atoms with Crippen LogP contribution >= 0.6 is 0 Å². The van der Waals surface area contributed by atoms with Crippen LogP contribution in [0.2, 0.25) is 0 Å². The molecule has 1 saturated heterocycles. The molecule has 1 aromatic heterocycles. The first-order valence-corrected chi connectivity index (χ1v) is 14.3. The van der Waals surface area contributed by atoms with Crippen LogP contribution in [0.25, 0.3) is 17.0 Å². The summed E-state index contributed by atoms with van der Waals surface area (Å²) < 4.78 is 40.3. The number of aryl methyl sites for hydroxylation is 1. The van der Waals surface area contributed by atoms with Crippen LogP contribution in [-0.4, -0.2) is 56.4 Å². The minimum absolute atomic E-state index is 0.149. The summed E-state index contributed by atoms with van der Waals surface area (Å²) in [7, 11) is -2.25. The minimum atomic E-state index is -3.86. The largest absolute Gasteiger partial charge is 0.496 e. The number of piperazine rings is 1. The van der Waals surface area contributed by atoms with Crippen molar-refractivity contribution in [1.82, 2.24) is 14.2 Å². The number of benzene rings is 3. The molecule has 0 atom stereocenters. The summed E-state index contributed by atoms with van der Waals surface area (Å²) in [6.07, 6.45) is 3.18. The molecule has 3 aromatic carbocycles. The number of carbonyl (C=O) groups excluding carboxylic acids is 1. The molecule has 1 N–H and O–H groups in total. The number of nitrogens with zero attached hydrogens (tertiary/aromatic N) is 2. The number of hydrogen-bond donors (Lipinski definition) is 1. The Bertz CT molecular complexity index is 1720. The fourth-order valence-corrected chi connectivity index (χ4v) is 6.55. The van der Waals surface area contributed by atoms with E-state index in [0.717, 1.165) is 37.3 Å². The van der Waals surface area contributed by atoms with Gasteiger partial charge in [0.05, 0.1) is 28.6 Å². The number of rotatable bonds is 6. The lowest BCUT2D eigenvalue weighted by atomic mass is 10.0. The van der Waals surface area contributed by atoms with Crippen molar-refractivity contribution < 1.29 is 22.7 Å². The average molecular weight is 544 g/mol. The second kappa shape index (κ2) is 10.00. The van der Waals surface area contributed by atoms with Crippen molar-refractivity contribution in [3.05, 3.63) is 94.9 Å². The van der Waals surface area contributed by atoms with Crippen LogP contribution in [-0.2, 0) is 16.6 Å². The molecule has 0 radical (unpaired) electrons. The van der Waals surface area contributed by atoms with Crippen LogP contribution in [0.5, 0.6) is 11.5 Å². The molecule has 0 aliphatic carbocycles. The van der Waals surface area contributed by atoms with Crippen molar-refractivity contribution in [2.75, 3.05) is 33.3 Å². The molecular weight excluding hydrogens is 514 g/mol. The highest BCUT2D eigenvalue weighted by molar-refractivity contribution is 7.90. The molecule has 2 aliphatic heterocycles. The van der Waals surface area contributed by atoms with Gasteiger partial charge < -0.3 is 14.8 Å². The Hall–Kier alpha value is -3.92. The highest BCUT2D eigenvalue weighted by atomic mass is 32.2. The highest BCUT2D eigenvalue weighted by Crippen LogP contribution is 2.41. The van der Waals surface area contributed by atoms with Gasteiger partial charge in [0.2, 0.25) is 5.78 Å². The minimum Gasteiger partial charge on any atom is -0.496 e. The summed E-state index contributed by atoms with van der Waals surface area (Å²) in [6.45, 7) is 6.09. The molecular formula is C30H29N3O5S. The zero-order valence-electron chi connectivity index (χ0n) is 21.8. The third-order valence-corrected chi connectivity index (χ3v) is 8.97. The maximum Gasteiger partial charge on any atom is 0.268 e. The predicted molar refractivity (Wildman–Crippen MR) is 150 cm³/mol. The van der Waals surface area contributed by atoms with Crippen LogP contribution in [0.4, 0.5) is 0 Å². The lowest BCUT2D eigenvalue weighted by molar-refractivity contribution is 0.101. The van der Waals surface area contributed by atoms with Crippen molar-refractivity contribution in [1.29, 1.82) is 0 Å². The van der Waals surface area contributed by atoms with E-state index in [1.807, 2.05) is 19.1 Å². The van der Waals surface area contributed by atoms with E-state index in [1.165, 1.54) is 3.97 Å². The van der Waals surface area contributed by atoms with E-state index < -0.39 is 10.0 Å².